The molecule has 1 aliphatic rings. The highest BCUT2D eigenvalue weighted by atomic mass is 79.9. The number of rotatable bonds is 2. The molecule has 1 aromatic carbocycles. The van der Waals surface area contributed by atoms with E-state index in [0.717, 1.165) is 29.5 Å². The third-order valence-electron chi connectivity index (χ3n) is 3.33. The largest absolute Gasteiger partial charge is 0.326 e. The fraction of sp³-hybridized carbons (Fsp3) is 0.500. The van der Waals surface area contributed by atoms with Crippen LogP contribution in [0.5, 0.6) is 0 Å². The first-order valence-corrected chi connectivity index (χ1v) is 6.31. The standard InChI is InChI=1S/C12H16BrFN2/c1-8-12(15)4-5-16(8)7-9-2-3-10(14)6-11(9)13/h2-3,6,8,12H,4-5,7,15H2,1H3. The normalized spacial score (nSPS) is 26.2. The van der Waals surface area contributed by atoms with Crippen LogP contribution < -0.4 is 5.73 Å². The Bertz CT molecular complexity index is 383. The second kappa shape index (κ2) is 4.82. The van der Waals surface area contributed by atoms with Gasteiger partial charge in [0.1, 0.15) is 5.82 Å². The van der Waals surface area contributed by atoms with Crippen molar-refractivity contribution in [3.63, 3.8) is 0 Å². The Hall–Kier alpha value is -0.450. The molecule has 0 saturated carbocycles. The van der Waals surface area contributed by atoms with Gasteiger partial charge in [-0.3, -0.25) is 4.90 Å². The zero-order valence-electron chi connectivity index (χ0n) is 9.29. The lowest BCUT2D eigenvalue weighted by Gasteiger charge is -2.23. The number of hydrogen-bond acceptors (Lipinski definition) is 2. The van der Waals surface area contributed by atoms with Gasteiger partial charge in [0.05, 0.1) is 0 Å². The van der Waals surface area contributed by atoms with E-state index in [-0.39, 0.29) is 11.9 Å². The zero-order chi connectivity index (χ0) is 11.7. The van der Waals surface area contributed by atoms with Gasteiger partial charge in [-0.15, -0.1) is 0 Å². The molecule has 2 unspecified atom stereocenters. The molecular formula is C12H16BrFN2. The molecule has 1 saturated heterocycles. The molecule has 0 aromatic heterocycles. The van der Waals surface area contributed by atoms with Crippen LogP contribution in [-0.2, 0) is 6.54 Å². The fourth-order valence-corrected chi connectivity index (χ4v) is 2.60. The molecule has 0 bridgehead atoms. The molecule has 2 N–H and O–H groups in total. The average Bonchev–Trinajstić information content (AvgIpc) is 2.54. The van der Waals surface area contributed by atoms with Crippen LogP contribution in [-0.4, -0.2) is 23.5 Å². The van der Waals surface area contributed by atoms with Crippen molar-refractivity contribution in [3.05, 3.63) is 34.1 Å². The summed E-state index contributed by atoms with van der Waals surface area (Å²) >= 11 is 3.39. The summed E-state index contributed by atoms with van der Waals surface area (Å²) in [7, 11) is 0. The third-order valence-corrected chi connectivity index (χ3v) is 4.07. The van der Waals surface area contributed by atoms with E-state index in [1.165, 1.54) is 12.1 Å². The van der Waals surface area contributed by atoms with Gasteiger partial charge in [-0.05, 0) is 31.0 Å². The second-order valence-electron chi connectivity index (χ2n) is 4.40. The molecule has 0 radical (unpaired) electrons. The van der Waals surface area contributed by atoms with Crippen LogP contribution in [0.15, 0.2) is 22.7 Å². The van der Waals surface area contributed by atoms with Crippen molar-refractivity contribution in [2.45, 2.75) is 32.0 Å². The summed E-state index contributed by atoms with van der Waals surface area (Å²) in [5.41, 5.74) is 7.08. The van der Waals surface area contributed by atoms with Gasteiger partial charge in [-0.25, -0.2) is 4.39 Å². The predicted octanol–water partition coefficient (Wildman–Crippen LogP) is 2.51. The van der Waals surface area contributed by atoms with E-state index in [9.17, 15) is 4.39 Å². The quantitative estimate of drug-likeness (QED) is 0.905. The van der Waals surface area contributed by atoms with Gasteiger partial charge in [-0.2, -0.15) is 0 Å². The van der Waals surface area contributed by atoms with Gasteiger partial charge in [0.25, 0.3) is 0 Å². The smallest absolute Gasteiger partial charge is 0.124 e. The number of nitrogens with zero attached hydrogens (tertiary/aromatic N) is 1. The van der Waals surface area contributed by atoms with Crippen molar-refractivity contribution in [2.75, 3.05) is 6.54 Å². The highest BCUT2D eigenvalue weighted by molar-refractivity contribution is 9.10. The van der Waals surface area contributed by atoms with E-state index in [1.807, 2.05) is 6.07 Å². The van der Waals surface area contributed by atoms with E-state index < -0.39 is 0 Å². The predicted molar refractivity (Wildman–Crippen MR) is 66.6 cm³/mol. The van der Waals surface area contributed by atoms with E-state index in [2.05, 4.69) is 27.8 Å². The first kappa shape index (κ1) is 12.0. The van der Waals surface area contributed by atoms with Crippen LogP contribution in [0.2, 0.25) is 0 Å². The second-order valence-corrected chi connectivity index (χ2v) is 5.25. The molecule has 88 valence electrons. The summed E-state index contributed by atoms with van der Waals surface area (Å²) in [6, 6.07) is 5.50. The Labute approximate surface area is 104 Å². The summed E-state index contributed by atoms with van der Waals surface area (Å²) < 4.78 is 13.8. The zero-order valence-corrected chi connectivity index (χ0v) is 10.9. The Morgan fingerprint density at radius 2 is 2.31 bits per heavy atom. The molecule has 1 heterocycles. The summed E-state index contributed by atoms with van der Waals surface area (Å²) in [6.45, 7) is 4.00. The van der Waals surface area contributed by atoms with Crippen molar-refractivity contribution in [1.29, 1.82) is 0 Å². The van der Waals surface area contributed by atoms with Gasteiger partial charge in [0.2, 0.25) is 0 Å². The average molecular weight is 287 g/mol. The summed E-state index contributed by atoms with van der Waals surface area (Å²) in [5.74, 6) is -0.207. The molecule has 1 fully saturated rings. The monoisotopic (exact) mass is 286 g/mol. The Balaban J connectivity index is 2.09. The van der Waals surface area contributed by atoms with Crippen LogP contribution in [0, 0.1) is 5.82 Å². The maximum Gasteiger partial charge on any atom is 0.124 e. The van der Waals surface area contributed by atoms with Gasteiger partial charge < -0.3 is 5.73 Å². The molecule has 4 heteroatoms. The number of hydrogen-bond donors (Lipinski definition) is 1. The van der Waals surface area contributed by atoms with Crippen molar-refractivity contribution in [2.24, 2.45) is 5.73 Å². The Morgan fingerprint density at radius 3 is 2.88 bits per heavy atom. The highest BCUT2D eigenvalue weighted by Gasteiger charge is 2.27. The van der Waals surface area contributed by atoms with E-state index in [0.29, 0.717) is 6.04 Å². The molecule has 2 rings (SSSR count). The van der Waals surface area contributed by atoms with Gasteiger partial charge in [0, 0.05) is 29.6 Å². The molecule has 0 aliphatic carbocycles. The molecule has 2 atom stereocenters. The van der Waals surface area contributed by atoms with Crippen molar-refractivity contribution < 1.29 is 4.39 Å². The van der Waals surface area contributed by atoms with Crippen LogP contribution in [0.1, 0.15) is 18.9 Å². The van der Waals surface area contributed by atoms with Gasteiger partial charge in [-0.1, -0.05) is 22.0 Å². The Kier molecular flexibility index (Phi) is 3.62. The molecule has 0 spiro atoms. The Morgan fingerprint density at radius 1 is 1.56 bits per heavy atom. The van der Waals surface area contributed by atoms with Crippen LogP contribution in [0.25, 0.3) is 0 Å². The van der Waals surface area contributed by atoms with Crippen molar-refractivity contribution in [1.82, 2.24) is 4.90 Å². The maximum atomic E-state index is 12.9. The van der Waals surface area contributed by atoms with Crippen molar-refractivity contribution >= 4 is 15.9 Å². The fourth-order valence-electron chi connectivity index (χ4n) is 2.12. The lowest BCUT2D eigenvalue weighted by atomic mass is 10.1. The first-order valence-electron chi connectivity index (χ1n) is 5.51. The van der Waals surface area contributed by atoms with Crippen LogP contribution in [0.4, 0.5) is 4.39 Å². The SMILES string of the molecule is CC1C(N)CCN1Cc1ccc(F)cc1Br. The van der Waals surface area contributed by atoms with Crippen LogP contribution in [0.3, 0.4) is 0 Å². The van der Waals surface area contributed by atoms with E-state index >= 15 is 0 Å². The third kappa shape index (κ3) is 2.44. The summed E-state index contributed by atoms with van der Waals surface area (Å²) in [6.07, 6.45) is 1.04. The molecular weight excluding hydrogens is 271 g/mol. The lowest BCUT2D eigenvalue weighted by molar-refractivity contribution is 0.251. The number of halogens is 2. The molecule has 16 heavy (non-hydrogen) atoms. The minimum Gasteiger partial charge on any atom is -0.326 e. The number of likely N-dealkylation sites (tertiary alicyclic amines) is 1. The van der Waals surface area contributed by atoms with Crippen molar-refractivity contribution in [3.8, 4) is 0 Å². The van der Waals surface area contributed by atoms with Crippen LogP contribution >= 0.6 is 15.9 Å². The maximum absolute atomic E-state index is 12.9. The lowest BCUT2D eigenvalue weighted by Crippen LogP contribution is -2.36. The van der Waals surface area contributed by atoms with E-state index in [1.54, 1.807) is 0 Å². The number of nitrogens with two attached hydrogens (primary N) is 1. The van der Waals surface area contributed by atoms with Gasteiger partial charge >= 0.3 is 0 Å². The number of benzene rings is 1. The molecule has 1 aliphatic heterocycles. The highest BCUT2D eigenvalue weighted by Crippen LogP contribution is 2.24. The summed E-state index contributed by atoms with van der Waals surface area (Å²) in [5, 5.41) is 0. The molecule has 2 nitrogen and oxygen atoms in total. The first-order chi connectivity index (χ1) is 7.58. The minimum absolute atomic E-state index is 0.207. The molecule has 0 amide bonds. The topological polar surface area (TPSA) is 29.3 Å². The minimum atomic E-state index is -0.207. The van der Waals surface area contributed by atoms with Gasteiger partial charge in [0.15, 0.2) is 0 Å². The van der Waals surface area contributed by atoms with E-state index in [4.69, 9.17) is 5.73 Å². The molecule has 1 aromatic rings. The summed E-state index contributed by atoms with van der Waals surface area (Å²) in [4.78, 5) is 2.34.